The maximum absolute atomic E-state index is 12.3. The van der Waals surface area contributed by atoms with Crippen LogP contribution in [0.4, 0.5) is 4.79 Å². The molecule has 0 aromatic heterocycles. The molecule has 2 heterocycles. The maximum Gasteiger partial charge on any atom is 0.320 e. The largest absolute Gasteiger partial charge is 0.481 e. The Kier molecular flexibility index (Phi) is 3.75. The minimum absolute atomic E-state index is 0.0376. The fraction of sp³-hybridized carbons (Fsp3) is 0.833. The van der Waals surface area contributed by atoms with Crippen LogP contribution in [0.1, 0.15) is 20.3 Å². The SMILES string of the molecule is CC1CN(C(=O)N2CCC(C(=O)O)C2)CC(C)O1. The smallest absolute Gasteiger partial charge is 0.320 e. The highest BCUT2D eigenvalue weighted by atomic mass is 16.5. The number of hydrogen-bond donors (Lipinski definition) is 1. The number of ether oxygens (including phenoxy) is 1. The highest BCUT2D eigenvalue weighted by Gasteiger charge is 2.35. The molecule has 1 N–H and O–H groups in total. The third-order valence-electron chi connectivity index (χ3n) is 3.50. The highest BCUT2D eigenvalue weighted by Crippen LogP contribution is 2.20. The first kappa shape index (κ1) is 13.1. The summed E-state index contributed by atoms with van der Waals surface area (Å²) in [5.74, 6) is -1.22. The number of aliphatic carboxylic acids is 1. The van der Waals surface area contributed by atoms with E-state index in [1.54, 1.807) is 9.80 Å². The number of hydrogen-bond acceptors (Lipinski definition) is 3. The van der Waals surface area contributed by atoms with Gasteiger partial charge in [0.15, 0.2) is 0 Å². The number of likely N-dealkylation sites (tertiary alicyclic amines) is 1. The summed E-state index contributed by atoms with van der Waals surface area (Å²) in [6.45, 7) is 5.92. The van der Waals surface area contributed by atoms with E-state index in [4.69, 9.17) is 9.84 Å². The van der Waals surface area contributed by atoms with Crippen molar-refractivity contribution >= 4 is 12.0 Å². The lowest BCUT2D eigenvalue weighted by Gasteiger charge is -2.37. The number of carboxylic acids is 1. The van der Waals surface area contributed by atoms with Crippen LogP contribution in [0.15, 0.2) is 0 Å². The molecule has 0 saturated carbocycles. The van der Waals surface area contributed by atoms with Crippen LogP contribution in [0, 0.1) is 5.92 Å². The van der Waals surface area contributed by atoms with Crippen molar-refractivity contribution < 1.29 is 19.4 Å². The van der Waals surface area contributed by atoms with Gasteiger partial charge < -0.3 is 19.6 Å². The second-order valence-corrected chi connectivity index (χ2v) is 5.21. The summed E-state index contributed by atoms with van der Waals surface area (Å²) in [5.41, 5.74) is 0. The van der Waals surface area contributed by atoms with E-state index in [2.05, 4.69) is 0 Å². The molecule has 0 bridgehead atoms. The van der Waals surface area contributed by atoms with Crippen molar-refractivity contribution in [1.82, 2.24) is 9.80 Å². The first-order chi connectivity index (χ1) is 8.47. The van der Waals surface area contributed by atoms with Crippen molar-refractivity contribution in [2.75, 3.05) is 26.2 Å². The molecule has 2 aliphatic rings. The molecule has 18 heavy (non-hydrogen) atoms. The summed E-state index contributed by atoms with van der Waals surface area (Å²) < 4.78 is 5.58. The Morgan fingerprint density at radius 1 is 1.11 bits per heavy atom. The molecule has 2 fully saturated rings. The average molecular weight is 256 g/mol. The van der Waals surface area contributed by atoms with Gasteiger partial charge in [0.1, 0.15) is 0 Å². The molecule has 0 aromatic rings. The summed E-state index contributed by atoms with van der Waals surface area (Å²) in [4.78, 5) is 26.6. The molecular weight excluding hydrogens is 236 g/mol. The zero-order valence-electron chi connectivity index (χ0n) is 10.8. The highest BCUT2D eigenvalue weighted by molar-refractivity contribution is 5.77. The second kappa shape index (κ2) is 5.14. The molecule has 0 spiro atoms. The van der Waals surface area contributed by atoms with E-state index in [1.165, 1.54) is 0 Å². The maximum atomic E-state index is 12.3. The zero-order valence-corrected chi connectivity index (χ0v) is 10.8. The summed E-state index contributed by atoms with van der Waals surface area (Å²) in [7, 11) is 0. The first-order valence-electron chi connectivity index (χ1n) is 6.39. The van der Waals surface area contributed by atoms with Crippen LogP contribution >= 0.6 is 0 Å². The second-order valence-electron chi connectivity index (χ2n) is 5.21. The number of amides is 2. The van der Waals surface area contributed by atoms with Gasteiger partial charge in [0, 0.05) is 26.2 Å². The summed E-state index contributed by atoms with van der Waals surface area (Å²) in [5, 5.41) is 8.94. The number of carboxylic acid groups (broad SMARTS) is 1. The minimum Gasteiger partial charge on any atom is -0.481 e. The number of carbonyl (C=O) groups is 2. The topological polar surface area (TPSA) is 70.1 Å². The average Bonchev–Trinajstić information content (AvgIpc) is 2.75. The van der Waals surface area contributed by atoms with Crippen molar-refractivity contribution in [2.24, 2.45) is 5.92 Å². The van der Waals surface area contributed by atoms with Crippen LogP contribution in [0.25, 0.3) is 0 Å². The van der Waals surface area contributed by atoms with Crippen LogP contribution in [-0.4, -0.2) is 65.3 Å². The van der Waals surface area contributed by atoms with Crippen molar-refractivity contribution in [3.8, 4) is 0 Å². The molecule has 0 aromatic carbocycles. The molecule has 102 valence electrons. The van der Waals surface area contributed by atoms with E-state index in [0.717, 1.165) is 0 Å². The molecule has 0 radical (unpaired) electrons. The van der Waals surface area contributed by atoms with Gasteiger partial charge in [-0.05, 0) is 20.3 Å². The van der Waals surface area contributed by atoms with Crippen molar-refractivity contribution in [2.45, 2.75) is 32.5 Å². The van der Waals surface area contributed by atoms with E-state index >= 15 is 0 Å². The number of nitrogens with zero attached hydrogens (tertiary/aromatic N) is 2. The summed E-state index contributed by atoms with van der Waals surface area (Å²) >= 11 is 0. The molecule has 2 rings (SSSR count). The van der Waals surface area contributed by atoms with Gasteiger partial charge in [-0.15, -0.1) is 0 Å². The fourth-order valence-electron chi connectivity index (χ4n) is 2.67. The van der Waals surface area contributed by atoms with Gasteiger partial charge in [0.2, 0.25) is 0 Å². The molecule has 0 aliphatic carbocycles. The Labute approximate surface area is 106 Å². The lowest BCUT2D eigenvalue weighted by atomic mass is 10.1. The lowest BCUT2D eigenvalue weighted by Crippen LogP contribution is -2.52. The predicted molar refractivity (Wildman–Crippen MR) is 64.3 cm³/mol. The summed E-state index contributed by atoms with van der Waals surface area (Å²) in [6, 6.07) is -0.0549. The van der Waals surface area contributed by atoms with Gasteiger partial charge in [-0.1, -0.05) is 0 Å². The van der Waals surface area contributed by atoms with Crippen LogP contribution in [0.2, 0.25) is 0 Å². The van der Waals surface area contributed by atoms with E-state index in [9.17, 15) is 9.59 Å². The number of morpholine rings is 1. The van der Waals surface area contributed by atoms with Gasteiger partial charge in [-0.25, -0.2) is 4.79 Å². The first-order valence-corrected chi connectivity index (χ1v) is 6.39. The van der Waals surface area contributed by atoms with E-state index < -0.39 is 11.9 Å². The standard InChI is InChI=1S/C12H20N2O4/c1-8-5-14(6-9(2)18-8)12(17)13-4-3-10(7-13)11(15)16/h8-10H,3-7H2,1-2H3,(H,15,16). The monoisotopic (exact) mass is 256 g/mol. The Bertz CT molecular complexity index is 337. The van der Waals surface area contributed by atoms with Crippen molar-refractivity contribution in [3.05, 3.63) is 0 Å². The summed E-state index contributed by atoms with van der Waals surface area (Å²) in [6.07, 6.45) is 0.627. The van der Waals surface area contributed by atoms with Crippen molar-refractivity contribution in [1.29, 1.82) is 0 Å². The Balaban J connectivity index is 1.93. The van der Waals surface area contributed by atoms with Crippen LogP contribution in [0.3, 0.4) is 0 Å². The van der Waals surface area contributed by atoms with E-state index in [-0.39, 0.29) is 18.2 Å². The minimum atomic E-state index is -0.811. The molecule has 6 heteroatoms. The number of carbonyl (C=O) groups excluding carboxylic acids is 1. The van der Waals surface area contributed by atoms with Crippen LogP contribution in [-0.2, 0) is 9.53 Å². The van der Waals surface area contributed by atoms with Gasteiger partial charge in [0.25, 0.3) is 0 Å². The Hall–Kier alpha value is -1.30. The normalized spacial score (nSPS) is 32.7. The molecule has 2 saturated heterocycles. The predicted octanol–water partition coefficient (Wildman–Crippen LogP) is 0.622. The molecule has 6 nitrogen and oxygen atoms in total. The van der Waals surface area contributed by atoms with Gasteiger partial charge in [0.05, 0.1) is 18.1 Å². The molecule has 3 atom stereocenters. The van der Waals surface area contributed by atoms with Gasteiger partial charge in [-0.2, -0.15) is 0 Å². The van der Waals surface area contributed by atoms with E-state index in [1.807, 2.05) is 13.8 Å². The number of rotatable bonds is 1. The third-order valence-corrected chi connectivity index (χ3v) is 3.50. The zero-order chi connectivity index (χ0) is 13.3. The van der Waals surface area contributed by atoms with E-state index in [0.29, 0.717) is 32.6 Å². The van der Waals surface area contributed by atoms with Crippen LogP contribution in [0.5, 0.6) is 0 Å². The van der Waals surface area contributed by atoms with Crippen molar-refractivity contribution in [3.63, 3.8) is 0 Å². The number of urea groups is 1. The van der Waals surface area contributed by atoms with Gasteiger partial charge in [-0.3, -0.25) is 4.79 Å². The van der Waals surface area contributed by atoms with Gasteiger partial charge >= 0.3 is 12.0 Å². The third kappa shape index (κ3) is 2.75. The molecular formula is C12H20N2O4. The molecule has 2 aliphatic heterocycles. The Morgan fingerprint density at radius 2 is 1.72 bits per heavy atom. The Morgan fingerprint density at radius 3 is 2.22 bits per heavy atom. The molecule has 2 amide bonds. The quantitative estimate of drug-likeness (QED) is 0.746. The molecule has 3 unspecified atom stereocenters. The van der Waals surface area contributed by atoms with Crippen LogP contribution < -0.4 is 0 Å². The fourth-order valence-corrected chi connectivity index (χ4v) is 2.67. The lowest BCUT2D eigenvalue weighted by molar-refractivity contribution is -0.141.